The van der Waals surface area contributed by atoms with Gasteiger partial charge in [0.15, 0.2) is 0 Å². The Morgan fingerprint density at radius 2 is 0.794 bits per heavy atom. The summed E-state index contributed by atoms with van der Waals surface area (Å²) in [5, 5.41) is 4.10. The lowest BCUT2D eigenvalue weighted by Gasteiger charge is -2.36. The van der Waals surface area contributed by atoms with Gasteiger partial charge in [-0.05, 0) is 108 Å². The highest BCUT2D eigenvalue weighted by atomic mass is 32.3. The highest BCUT2D eigenvalue weighted by molar-refractivity contribution is 7.90. The SMILES string of the molecule is CN=P(c1ccccc1)(c1ccccc1)c1ccccc1.COc1ccc(C(C)(C)c2ccc(OS(=O)(=O)CCN(CCS(C)(=O)=O)c3ccccc3)cc2)cc1.Cc1ccc(C(C)(C)c2ccc(O[Si](C)(C)C(C)(C)C)cc2)cc1.F.O=S(=O)(F)CCN(CCF)c1ccccc1.O=S=O.[F-]. The van der Waals surface area contributed by atoms with E-state index in [-0.39, 0.29) is 68.7 Å². The molecular weight excluding hydrogens is 1420 g/mol. The summed E-state index contributed by atoms with van der Waals surface area (Å²) in [5.74, 6) is 1.02. The minimum Gasteiger partial charge on any atom is -1.00 e. The molecule has 0 aromatic heterocycles. The second-order valence-electron chi connectivity index (χ2n) is 26.2. The van der Waals surface area contributed by atoms with Crippen LogP contribution in [-0.4, -0.2) is 113 Å². The van der Waals surface area contributed by atoms with Gasteiger partial charge in [0, 0.05) is 77.6 Å². The first-order valence-electron chi connectivity index (χ1n) is 32.5. The Kier molecular flexibility index (Phi) is 35.0. The van der Waals surface area contributed by atoms with E-state index in [1.807, 2.05) is 73.8 Å². The summed E-state index contributed by atoms with van der Waals surface area (Å²) in [6.45, 7) is 22.0. The fraction of sp³-hybridized carbons (Fsp3) is 0.308. The molecule has 0 aliphatic carbocycles. The fourth-order valence-corrected chi connectivity index (χ4v) is 16.7. The van der Waals surface area contributed by atoms with E-state index in [2.05, 4.69) is 208 Å². The molecule has 102 heavy (non-hydrogen) atoms. The Morgan fingerprint density at radius 3 is 1.12 bits per heavy atom. The molecule has 9 aromatic rings. The molecule has 24 heteroatoms. The van der Waals surface area contributed by atoms with Crippen LogP contribution in [0.15, 0.2) is 253 Å². The van der Waals surface area contributed by atoms with Gasteiger partial charge in [0.05, 0.1) is 25.7 Å². The van der Waals surface area contributed by atoms with Gasteiger partial charge in [0.2, 0.25) is 8.32 Å². The van der Waals surface area contributed by atoms with Gasteiger partial charge in [-0.15, -0.1) is 3.89 Å². The van der Waals surface area contributed by atoms with Crippen molar-refractivity contribution in [2.75, 3.05) is 80.3 Å². The third-order valence-corrected chi connectivity index (χ3v) is 28.2. The molecule has 552 valence electrons. The maximum absolute atomic E-state index is 12.7. The van der Waals surface area contributed by atoms with E-state index < -0.39 is 69.5 Å². The molecule has 0 saturated heterocycles. The molecular formula is C78H97F4N3O11PS4Si-. The molecule has 0 aliphatic rings. The van der Waals surface area contributed by atoms with Crippen molar-refractivity contribution >= 4 is 84.4 Å². The van der Waals surface area contributed by atoms with E-state index in [1.165, 1.54) is 37.5 Å². The van der Waals surface area contributed by atoms with Crippen molar-refractivity contribution in [3.05, 3.63) is 277 Å². The molecule has 0 N–H and O–H groups in total. The van der Waals surface area contributed by atoms with Crippen molar-refractivity contribution in [1.82, 2.24) is 0 Å². The number of halogens is 4. The van der Waals surface area contributed by atoms with Crippen molar-refractivity contribution < 1.29 is 64.7 Å². The standard InChI is InChI=1S/C27H33NO6S2.C22H32OSi.C19H18NP.C10H13F2NO2S.2FH.O2S/c1-27(2,22-10-14-25(33-3)15-11-22)23-12-16-26(17-13-23)34-36(31,32)21-19-28(18-20-35(4,29)30)24-8-6-5-7-9-24;1-17-9-11-18(12-10-17)22(5,6)19-13-15-20(16-14-19)23-24(7,8)21(2,3)4;1-20-21(17-11-5-2-6-12-17,18-13-7-3-8-14-18)19-15-9-4-10-16-19;11-6-7-13(8-9-16(12,14)15)10-4-2-1-3-5-10;;;1-3-2/h5-17H,18-21H2,1-4H3;9-16H,1-8H3;2-16H,1H3;1-5H,6-9H2;2*1H;/p-1. The Bertz CT molecular complexity index is 4280. The Morgan fingerprint density at radius 1 is 0.480 bits per heavy atom. The summed E-state index contributed by atoms with van der Waals surface area (Å²) < 4.78 is 133. The molecule has 0 amide bonds. The molecule has 0 heterocycles. The third kappa shape index (κ3) is 27.2. The molecule has 0 bridgehead atoms. The predicted octanol–water partition coefficient (Wildman–Crippen LogP) is 13.0. The maximum Gasteiger partial charge on any atom is 0.335 e. The second kappa shape index (κ2) is 40.6. The quantitative estimate of drug-likeness (QED) is 0.0173. The van der Waals surface area contributed by atoms with Crippen molar-refractivity contribution in [3.63, 3.8) is 0 Å². The van der Waals surface area contributed by atoms with E-state index in [0.29, 0.717) is 5.69 Å². The summed E-state index contributed by atoms with van der Waals surface area (Å²) in [5.41, 5.74) is 7.18. The largest absolute Gasteiger partial charge is 1.00 e. The summed E-state index contributed by atoms with van der Waals surface area (Å²) in [6.07, 6.45) is 1.16. The lowest BCUT2D eigenvalue weighted by molar-refractivity contribution is -0.0000341. The smallest absolute Gasteiger partial charge is 0.335 e. The van der Waals surface area contributed by atoms with Gasteiger partial charge in [-0.3, -0.25) is 9.45 Å². The lowest BCUT2D eigenvalue weighted by Crippen LogP contribution is -3.00. The Labute approximate surface area is 608 Å². The number of sulfone groups is 1. The first kappa shape index (κ1) is 88.0. The Balaban J connectivity index is 0.000000360. The number of alkyl halides is 1. The van der Waals surface area contributed by atoms with Crippen molar-refractivity contribution in [1.29, 1.82) is 0 Å². The van der Waals surface area contributed by atoms with Crippen LogP contribution in [0.2, 0.25) is 18.1 Å². The van der Waals surface area contributed by atoms with Gasteiger partial charge in [-0.2, -0.15) is 25.3 Å². The lowest BCUT2D eigenvalue weighted by atomic mass is 9.78. The van der Waals surface area contributed by atoms with Crippen molar-refractivity contribution in [2.24, 2.45) is 4.74 Å². The van der Waals surface area contributed by atoms with Gasteiger partial charge < -0.3 is 27.9 Å². The van der Waals surface area contributed by atoms with Crippen molar-refractivity contribution in [3.8, 4) is 17.2 Å². The molecule has 9 rings (SSSR count). The molecule has 0 fully saturated rings. The van der Waals surface area contributed by atoms with Crippen LogP contribution in [-0.2, 0) is 52.6 Å². The number of nitrogens with zero attached hydrogens (tertiary/aromatic N) is 3. The van der Waals surface area contributed by atoms with Gasteiger partial charge in [-0.1, -0.05) is 242 Å². The van der Waals surface area contributed by atoms with Crippen LogP contribution in [0.4, 0.5) is 24.4 Å². The van der Waals surface area contributed by atoms with Crippen LogP contribution in [0.1, 0.15) is 76.3 Å². The summed E-state index contributed by atoms with van der Waals surface area (Å²) in [6, 6.07) is 82.2. The molecule has 0 spiro atoms. The number of rotatable bonds is 25. The number of anilines is 2. The normalized spacial score (nSPS) is 11.6. The van der Waals surface area contributed by atoms with Crippen molar-refractivity contribution in [2.45, 2.75) is 84.4 Å². The fourth-order valence-electron chi connectivity index (χ4n) is 10.4. The van der Waals surface area contributed by atoms with Crippen LogP contribution < -0.4 is 43.8 Å². The summed E-state index contributed by atoms with van der Waals surface area (Å²) in [7, 11) is -11.7. The highest BCUT2D eigenvalue weighted by Gasteiger charge is 2.39. The van der Waals surface area contributed by atoms with Crippen LogP contribution in [0, 0.1) is 6.92 Å². The van der Waals surface area contributed by atoms with E-state index in [1.54, 1.807) is 54.5 Å². The number of aryl methyl sites for hydroxylation is 1. The zero-order valence-electron chi connectivity index (χ0n) is 60.3. The van der Waals surface area contributed by atoms with Crippen LogP contribution in [0.25, 0.3) is 0 Å². The molecule has 0 aliphatic heterocycles. The van der Waals surface area contributed by atoms with Crippen LogP contribution in [0.3, 0.4) is 0 Å². The average molecular weight is 1520 g/mol. The molecule has 0 unspecified atom stereocenters. The highest BCUT2D eigenvalue weighted by Crippen LogP contribution is 2.46. The molecule has 0 radical (unpaired) electrons. The zero-order valence-corrected chi connectivity index (χ0v) is 65.4. The first-order valence-corrected chi connectivity index (χ1v) is 43.0. The average Bonchev–Trinajstić information content (AvgIpc) is 0.763. The monoisotopic (exact) mass is 1510 g/mol. The van der Waals surface area contributed by atoms with Gasteiger partial charge in [0.1, 0.15) is 39.5 Å². The molecule has 9 aromatic carbocycles. The Hall–Kier alpha value is -8.18. The number of hydrogen-bond acceptors (Lipinski definition) is 14. The maximum atomic E-state index is 12.7. The van der Waals surface area contributed by atoms with E-state index in [0.717, 1.165) is 34.6 Å². The third-order valence-electron chi connectivity index (χ3n) is 17.4. The van der Waals surface area contributed by atoms with Gasteiger partial charge in [-0.25, -0.2) is 12.8 Å². The number of para-hydroxylation sites is 2. The molecule has 0 atom stereocenters. The number of benzene rings is 9. The van der Waals surface area contributed by atoms with Crippen LogP contribution in [0.5, 0.6) is 17.2 Å². The number of hydrogen-bond donors (Lipinski definition) is 0. The minimum absolute atomic E-state index is 0. The van der Waals surface area contributed by atoms with Gasteiger partial charge in [0.25, 0.3) is 0 Å². The molecule has 14 nitrogen and oxygen atoms in total. The zero-order chi connectivity index (χ0) is 73.8. The minimum atomic E-state index is -4.51. The predicted molar refractivity (Wildman–Crippen MR) is 416 cm³/mol. The van der Waals surface area contributed by atoms with E-state index in [9.17, 15) is 33.5 Å². The van der Waals surface area contributed by atoms with E-state index >= 15 is 0 Å². The van der Waals surface area contributed by atoms with E-state index in [4.69, 9.17) is 26.5 Å². The van der Waals surface area contributed by atoms with Crippen LogP contribution >= 0.6 is 7.05 Å². The summed E-state index contributed by atoms with van der Waals surface area (Å²) in [4.78, 5) is 3.24. The number of methoxy groups -OCH3 is 1. The van der Waals surface area contributed by atoms with Gasteiger partial charge >= 0.3 is 31.9 Å². The number of ether oxygens (including phenoxy) is 1. The second-order valence-corrected chi connectivity index (χ2v) is 39.7. The molecule has 0 saturated carbocycles. The summed E-state index contributed by atoms with van der Waals surface area (Å²) >= 11 is -0.750. The topological polar surface area (TPSA) is 183 Å². The first-order chi connectivity index (χ1) is 47.1.